The molecular formula is C27H37N5O9. The summed E-state index contributed by atoms with van der Waals surface area (Å²) in [5.74, 6) is -6.60. The van der Waals surface area contributed by atoms with Gasteiger partial charge >= 0.3 is 17.9 Å². The molecule has 1 aromatic carbocycles. The molecule has 41 heavy (non-hydrogen) atoms. The summed E-state index contributed by atoms with van der Waals surface area (Å²) in [7, 11) is 0. The second-order valence-electron chi connectivity index (χ2n) is 9.87. The van der Waals surface area contributed by atoms with E-state index < -0.39 is 72.1 Å². The van der Waals surface area contributed by atoms with Gasteiger partial charge in [-0.1, -0.05) is 38.5 Å². The van der Waals surface area contributed by atoms with Gasteiger partial charge in [-0.15, -0.1) is 0 Å². The molecule has 0 bridgehead atoms. The Morgan fingerprint density at radius 1 is 0.854 bits per heavy atom. The average Bonchev–Trinajstić information content (AvgIpc) is 3.33. The minimum absolute atomic E-state index is 0.0789. The molecule has 9 N–H and O–H groups in total. The Morgan fingerprint density at radius 2 is 1.46 bits per heavy atom. The number of carboxylic acids is 3. The van der Waals surface area contributed by atoms with Gasteiger partial charge in [0.25, 0.3) is 0 Å². The number of H-pyrrole nitrogens is 1. The molecule has 0 spiro atoms. The summed E-state index contributed by atoms with van der Waals surface area (Å²) in [5, 5.41) is 35.9. The van der Waals surface area contributed by atoms with E-state index in [1.807, 2.05) is 12.1 Å². The number of carboxylic acid groups (broad SMARTS) is 3. The van der Waals surface area contributed by atoms with Gasteiger partial charge in [-0.05, 0) is 30.4 Å². The van der Waals surface area contributed by atoms with Crippen molar-refractivity contribution in [3.63, 3.8) is 0 Å². The summed E-state index contributed by atoms with van der Waals surface area (Å²) in [4.78, 5) is 76.1. The lowest BCUT2D eigenvalue weighted by molar-refractivity contribution is -0.143. The molecule has 224 valence electrons. The van der Waals surface area contributed by atoms with Gasteiger partial charge in [-0.2, -0.15) is 0 Å². The van der Waals surface area contributed by atoms with Gasteiger partial charge in [-0.3, -0.25) is 24.0 Å². The number of para-hydroxylation sites is 1. The molecule has 3 amide bonds. The fraction of sp³-hybridized carbons (Fsp3) is 0.481. The van der Waals surface area contributed by atoms with Crippen LogP contribution in [0.3, 0.4) is 0 Å². The fourth-order valence-corrected chi connectivity index (χ4v) is 4.16. The lowest BCUT2D eigenvalue weighted by atomic mass is 9.96. The largest absolute Gasteiger partial charge is 0.481 e. The van der Waals surface area contributed by atoms with Gasteiger partial charge in [0.15, 0.2) is 0 Å². The van der Waals surface area contributed by atoms with Crippen LogP contribution < -0.4 is 21.7 Å². The van der Waals surface area contributed by atoms with Gasteiger partial charge < -0.3 is 42.0 Å². The third-order valence-electron chi connectivity index (χ3n) is 6.79. The number of carbonyl (C=O) groups is 6. The zero-order valence-corrected chi connectivity index (χ0v) is 22.9. The number of carbonyl (C=O) groups excluding carboxylic acids is 3. The molecule has 1 aromatic heterocycles. The number of rotatable bonds is 17. The van der Waals surface area contributed by atoms with E-state index >= 15 is 0 Å². The van der Waals surface area contributed by atoms with Crippen LogP contribution in [0.5, 0.6) is 0 Å². The van der Waals surface area contributed by atoms with Crippen molar-refractivity contribution in [2.75, 3.05) is 0 Å². The van der Waals surface area contributed by atoms with Crippen molar-refractivity contribution in [3.8, 4) is 0 Å². The molecule has 5 unspecified atom stereocenters. The number of hydrogen-bond acceptors (Lipinski definition) is 7. The summed E-state index contributed by atoms with van der Waals surface area (Å²) in [6, 6.07) is 2.04. The number of fused-ring (bicyclic) bond motifs is 1. The Kier molecular flexibility index (Phi) is 12.3. The molecule has 2 aromatic rings. The Balaban J connectivity index is 2.20. The summed E-state index contributed by atoms with van der Waals surface area (Å²) in [6.07, 6.45) is 0.634. The molecule has 0 aliphatic carbocycles. The first-order valence-corrected chi connectivity index (χ1v) is 13.2. The van der Waals surface area contributed by atoms with Crippen LogP contribution in [0, 0.1) is 5.92 Å². The smallest absolute Gasteiger partial charge is 0.326 e. The second-order valence-corrected chi connectivity index (χ2v) is 9.87. The first-order chi connectivity index (χ1) is 19.3. The minimum atomic E-state index is -1.42. The maximum atomic E-state index is 13.2. The Hall–Kier alpha value is -4.46. The molecule has 1 heterocycles. The van der Waals surface area contributed by atoms with E-state index in [1.165, 1.54) is 0 Å². The van der Waals surface area contributed by atoms with Crippen LogP contribution in [0.2, 0.25) is 0 Å². The highest BCUT2D eigenvalue weighted by molar-refractivity contribution is 5.94. The predicted octanol–water partition coefficient (Wildman–Crippen LogP) is 0.352. The van der Waals surface area contributed by atoms with Crippen molar-refractivity contribution < 1.29 is 44.1 Å². The molecule has 0 aliphatic heterocycles. The maximum absolute atomic E-state index is 13.2. The number of aromatic nitrogens is 1. The standard InChI is InChI=1S/C27H37N5O9/c1-3-14(2)23(32-24(37)17(28)8-10-21(33)34)26(39)30-19(9-11-22(35)36)25(38)31-20(27(40)41)12-15-13-29-18-7-5-4-6-16(15)18/h4-7,13-14,17,19-20,23,29H,3,8-12,28H2,1-2H3,(H,30,39)(H,31,38)(H,32,37)(H,33,34)(H,35,36)(H,40,41). The van der Waals surface area contributed by atoms with E-state index in [4.69, 9.17) is 10.8 Å². The Bertz CT molecular complexity index is 1260. The third-order valence-corrected chi connectivity index (χ3v) is 6.79. The highest BCUT2D eigenvalue weighted by Gasteiger charge is 2.33. The van der Waals surface area contributed by atoms with Crippen LogP contribution in [0.25, 0.3) is 10.9 Å². The summed E-state index contributed by atoms with van der Waals surface area (Å²) in [5.41, 5.74) is 7.18. The molecule has 14 nitrogen and oxygen atoms in total. The molecule has 14 heteroatoms. The predicted molar refractivity (Wildman–Crippen MR) is 147 cm³/mol. The van der Waals surface area contributed by atoms with Gasteiger partial charge in [0, 0.05) is 36.4 Å². The minimum Gasteiger partial charge on any atom is -0.481 e. The lowest BCUT2D eigenvalue weighted by Gasteiger charge is -2.28. The van der Waals surface area contributed by atoms with E-state index in [-0.39, 0.29) is 25.7 Å². The van der Waals surface area contributed by atoms with Crippen molar-refractivity contribution in [1.29, 1.82) is 0 Å². The van der Waals surface area contributed by atoms with Gasteiger partial charge in [0.2, 0.25) is 17.7 Å². The van der Waals surface area contributed by atoms with Gasteiger partial charge in [-0.25, -0.2) is 4.79 Å². The molecule has 5 atom stereocenters. The van der Waals surface area contributed by atoms with E-state index in [9.17, 15) is 39.0 Å². The highest BCUT2D eigenvalue weighted by Crippen LogP contribution is 2.19. The van der Waals surface area contributed by atoms with Crippen LogP contribution in [0.4, 0.5) is 0 Å². The number of amides is 3. The number of nitrogens with one attached hydrogen (secondary N) is 4. The Morgan fingerprint density at radius 3 is 2.07 bits per heavy atom. The molecule has 0 aliphatic rings. The lowest BCUT2D eigenvalue weighted by Crippen LogP contribution is -2.58. The van der Waals surface area contributed by atoms with Crippen LogP contribution in [0.15, 0.2) is 30.5 Å². The number of hydrogen-bond donors (Lipinski definition) is 8. The molecule has 2 rings (SSSR count). The topological polar surface area (TPSA) is 241 Å². The fourth-order valence-electron chi connectivity index (χ4n) is 4.16. The highest BCUT2D eigenvalue weighted by atomic mass is 16.4. The third kappa shape index (κ3) is 9.90. The molecule has 0 saturated carbocycles. The summed E-state index contributed by atoms with van der Waals surface area (Å²) < 4.78 is 0. The number of benzene rings is 1. The monoisotopic (exact) mass is 575 g/mol. The van der Waals surface area contributed by atoms with Crippen molar-refractivity contribution in [2.45, 2.75) is 76.5 Å². The molecule has 0 radical (unpaired) electrons. The molecular weight excluding hydrogens is 538 g/mol. The second kappa shape index (κ2) is 15.4. The number of aliphatic carboxylic acids is 3. The van der Waals surface area contributed by atoms with Crippen molar-refractivity contribution in [2.24, 2.45) is 11.7 Å². The van der Waals surface area contributed by atoms with Crippen LogP contribution >= 0.6 is 0 Å². The zero-order chi connectivity index (χ0) is 30.7. The summed E-state index contributed by atoms with van der Waals surface area (Å²) in [6.45, 7) is 3.43. The average molecular weight is 576 g/mol. The van der Waals surface area contributed by atoms with E-state index in [0.717, 1.165) is 10.9 Å². The SMILES string of the molecule is CCC(C)C(NC(=O)C(N)CCC(=O)O)C(=O)NC(CCC(=O)O)C(=O)NC(Cc1c[nH]c2ccccc12)C(=O)O. The summed E-state index contributed by atoms with van der Waals surface area (Å²) >= 11 is 0. The number of aromatic amines is 1. The van der Waals surface area contributed by atoms with Crippen LogP contribution in [-0.2, 0) is 35.2 Å². The van der Waals surface area contributed by atoms with Gasteiger partial charge in [0.05, 0.1) is 6.04 Å². The molecule has 0 fully saturated rings. The van der Waals surface area contributed by atoms with Crippen molar-refractivity contribution in [1.82, 2.24) is 20.9 Å². The maximum Gasteiger partial charge on any atom is 0.326 e. The zero-order valence-electron chi connectivity index (χ0n) is 22.9. The van der Waals surface area contributed by atoms with Gasteiger partial charge in [0.1, 0.15) is 18.1 Å². The first kappa shape index (κ1) is 32.8. The molecule has 0 saturated heterocycles. The normalized spacial score (nSPS) is 14.7. The van der Waals surface area contributed by atoms with E-state index in [2.05, 4.69) is 20.9 Å². The first-order valence-electron chi connectivity index (χ1n) is 13.2. The van der Waals surface area contributed by atoms with Crippen molar-refractivity contribution >= 4 is 46.5 Å². The van der Waals surface area contributed by atoms with E-state index in [0.29, 0.717) is 12.0 Å². The quantitative estimate of drug-likeness (QED) is 0.129. The van der Waals surface area contributed by atoms with Crippen LogP contribution in [-0.4, -0.2) is 80.1 Å². The van der Waals surface area contributed by atoms with E-state index in [1.54, 1.807) is 32.2 Å². The van der Waals surface area contributed by atoms with Crippen LogP contribution in [0.1, 0.15) is 51.5 Å². The Labute approximate surface area is 236 Å². The van der Waals surface area contributed by atoms with Crippen molar-refractivity contribution in [3.05, 3.63) is 36.0 Å². The number of nitrogens with two attached hydrogens (primary N) is 1.